The molecule has 0 amide bonds. The third kappa shape index (κ3) is 1.66. The molecule has 23 heavy (non-hydrogen) atoms. The highest BCUT2D eigenvalue weighted by molar-refractivity contribution is 6.19. The Morgan fingerprint density at radius 1 is 0.522 bits per heavy atom. The fraction of sp³-hybridized carbons (Fsp3) is 0. The minimum Gasteiger partial charge on any atom is -0.422 e. The minimum atomic E-state index is -0.284. The van der Waals surface area contributed by atoms with Gasteiger partial charge in [-0.2, -0.15) is 0 Å². The lowest BCUT2D eigenvalue weighted by Gasteiger charge is -2.08. The fourth-order valence-electron chi connectivity index (χ4n) is 3.43. The van der Waals surface area contributed by atoms with Crippen molar-refractivity contribution in [2.45, 2.75) is 0 Å². The number of hydrogen-bond donors (Lipinski definition) is 0. The van der Waals surface area contributed by atoms with Crippen molar-refractivity contribution in [3.63, 3.8) is 0 Å². The molecule has 108 valence electrons. The number of benzene rings is 4. The van der Waals surface area contributed by atoms with Crippen molar-refractivity contribution in [1.82, 2.24) is 0 Å². The molecule has 4 aromatic carbocycles. The van der Waals surface area contributed by atoms with Gasteiger partial charge in [0.1, 0.15) is 5.58 Å². The fourth-order valence-corrected chi connectivity index (χ4v) is 3.43. The van der Waals surface area contributed by atoms with Gasteiger partial charge in [0.2, 0.25) is 0 Å². The first-order valence-electron chi connectivity index (χ1n) is 7.59. The summed E-state index contributed by atoms with van der Waals surface area (Å²) in [5.74, 6) is 0. The van der Waals surface area contributed by atoms with Crippen LogP contribution in [-0.2, 0) is 0 Å². The zero-order valence-electron chi connectivity index (χ0n) is 12.2. The maximum absolute atomic E-state index is 12.3. The predicted octanol–water partition coefficient (Wildman–Crippen LogP) is 5.25. The van der Waals surface area contributed by atoms with Crippen molar-refractivity contribution in [1.29, 1.82) is 0 Å². The molecule has 1 aromatic heterocycles. The van der Waals surface area contributed by atoms with Crippen LogP contribution in [0.2, 0.25) is 0 Å². The summed E-state index contributed by atoms with van der Waals surface area (Å²) in [5.41, 5.74) is 0.380. The SMILES string of the molecule is O=c1oc2c(ccc3c4ccccc4ccc32)c2ccccc12. The summed E-state index contributed by atoms with van der Waals surface area (Å²) in [5, 5.41) is 6.97. The average Bonchev–Trinajstić information content (AvgIpc) is 2.61. The lowest BCUT2D eigenvalue weighted by atomic mass is 9.98. The topological polar surface area (TPSA) is 30.2 Å². The van der Waals surface area contributed by atoms with E-state index < -0.39 is 0 Å². The summed E-state index contributed by atoms with van der Waals surface area (Å²) in [6, 6.07) is 24.1. The Labute approximate surface area is 131 Å². The van der Waals surface area contributed by atoms with E-state index in [0.29, 0.717) is 11.0 Å². The van der Waals surface area contributed by atoms with E-state index in [1.54, 1.807) is 0 Å². The molecule has 0 aliphatic heterocycles. The Morgan fingerprint density at radius 3 is 1.91 bits per heavy atom. The Bertz CT molecular complexity index is 1280. The zero-order valence-corrected chi connectivity index (χ0v) is 12.2. The molecule has 0 bridgehead atoms. The summed E-state index contributed by atoms with van der Waals surface area (Å²) in [6.45, 7) is 0. The molecule has 0 spiro atoms. The minimum absolute atomic E-state index is 0.284. The van der Waals surface area contributed by atoms with Gasteiger partial charge in [-0.3, -0.25) is 0 Å². The first-order valence-corrected chi connectivity index (χ1v) is 7.59. The van der Waals surface area contributed by atoms with Crippen LogP contribution in [0.5, 0.6) is 0 Å². The third-order valence-corrected chi connectivity index (χ3v) is 4.51. The van der Waals surface area contributed by atoms with Crippen molar-refractivity contribution in [2.24, 2.45) is 0 Å². The molecule has 0 unspecified atom stereocenters. The first kappa shape index (κ1) is 12.4. The van der Waals surface area contributed by atoms with Gasteiger partial charge in [0.05, 0.1) is 5.39 Å². The highest BCUT2D eigenvalue weighted by Gasteiger charge is 2.11. The molecular formula is C21H12O2. The Kier molecular flexibility index (Phi) is 2.39. The zero-order chi connectivity index (χ0) is 15.4. The van der Waals surface area contributed by atoms with Crippen LogP contribution < -0.4 is 5.63 Å². The number of fused-ring (bicyclic) bond motifs is 7. The standard InChI is InChI=1S/C21H12O2/c22-21-19-8-4-3-7-15(19)18-12-11-16-14-6-2-1-5-13(14)9-10-17(16)20(18)23-21/h1-12H. The molecule has 0 aliphatic rings. The monoisotopic (exact) mass is 296 g/mol. The van der Waals surface area contributed by atoms with Gasteiger partial charge in [-0.15, -0.1) is 0 Å². The summed E-state index contributed by atoms with van der Waals surface area (Å²) < 4.78 is 5.68. The Hall–Kier alpha value is -3.13. The van der Waals surface area contributed by atoms with Crippen LogP contribution >= 0.6 is 0 Å². The predicted molar refractivity (Wildman–Crippen MR) is 95.0 cm³/mol. The van der Waals surface area contributed by atoms with E-state index in [2.05, 4.69) is 30.3 Å². The van der Waals surface area contributed by atoms with Gasteiger partial charge < -0.3 is 4.42 Å². The largest absolute Gasteiger partial charge is 0.422 e. The average molecular weight is 296 g/mol. The second-order valence-electron chi connectivity index (χ2n) is 5.76. The van der Waals surface area contributed by atoms with Crippen LogP contribution in [0.3, 0.4) is 0 Å². The van der Waals surface area contributed by atoms with Crippen LogP contribution in [0, 0.1) is 0 Å². The van der Waals surface area contributed by atoms with Gasteiger partial charge in [0.25, 0.3) is 0 Å². The molecule has 5 rings (SSSR count). The Balaban J connectivity index is 2.09. The summed E-state index contributed by atoms with van der Waals surface area (Å²) in [6.07, 6.45) is 0. The third-order valence-electron chi connectivity index (χ3n) is 4.51. The van der Waals surface area contributed by atoms with Gasteiger partial charge in [0.15, 0.2) is 0 Å². The molecule has 0 aliphatic carbocycles. The van der Waals surface area contributed by atoms with E-state index in [4.69, 9.17) is 4.42 Å². The maximum Gasteiger partial charge on any atom is 0.344 e. The van der Waals surface area contributed by atoms with Crippen molar-refractivity contribution in [2.75, 3.05) is 0 Å². The van der Waals surface area contributed by atoms with Gasteiger partial charge in [-0.05, 0) is 39.7 Å². The van der Waals surface area contributed by atoms with Crippen molar-refractivity contribution >= 4 is 43.3 Å². The molecule has 0 radical (unpaired) electrons. The molecule has 0 N–H and O–H groups in total. The van der Waals surface area contributed by atoms with Gasteiger partial charge in [0, 0.05) is 10.8 Å². The van der Waals surface area contributed by atoms with Gasteiger partial charge in [-0.1, -0.05) is 54.6 Å². The van der Waals surface area contributed by atoms with Gasteiger partial charge in [-0.25, -0.2) is 4.79 Å². The highest BCUT2D eigenvalue weighted by Crippen LogP contribution is 2.33. The molecule has 0 atom stereocenters. The van der Waals surface area contributed by atoms with E-state index in [0.717, 1.165) is 21.5 Å². The van der Waals surface area contributed by atoms with Crippen LogP contribution in [0.4, 0.5) is 0 Å². The molecule has 1 heterocycles. The van der Waals surface area contributed by atoms with Crippen LogP contribution in [-0.4, -0.2) is 0 Å². The van der Waals surface area contributed by atoms with E-state index in [-0.39, 0.29) is 5.63 Å². The van der Waals surface area contributed by atoms with Crippen LogP contribution in [0.15, 0.2) is 82.0 Å². The van der Waals surface area contributed by atoms with Crippen molar-refractivity contribution in [3.8, 4) is 0 Å². The maximum atomic E-state index is 12.3. The van der Waals surface area contributed by atoms with E-state index in [9.17, 15) is 4.79 Å². The smallest absolute Gasteiger partial charge is 0.344 e. The lowest BCUT2D eigenvalue weighted by Crippen LogP contribution is -1.99. The summed E-state index contributed by atoms with van der Waals surface area (Å²) >= 11 is 0. The molecule has 0 fully saturated rings. The van der Waals surface area contributed by atoms with Crippen LogP contribution in [0.25, 0.3) is 43.3 Å². The van der Waals surface area contributed by atoms with Crippen LogP contribution in [0.1, 0.15) is 0 Å². The van der Waals surface area contributed by atoms with E-state index >= 15 is 0 Å². The molecule has 2 nitrogen and oxygen atoms in total. The quantitative estimate of drug-likeness (QED) is 0.288. The molecule has 5 aromatic rings. The number of hydrogen-bond acceptors (Lipinski definition) is 2. The van der Waals surface area contributed by atoms with Crippen molar-refractivity contribution < 1.29 is 4.42 Å². The second-order valence-corrected chi connectivity index (χ2v) is 5.76. The summed E-state index contributed by atoms with van der Waals surface area (Å²) in [4.78, 5) is 12.3. The molecule has 2 heteroatoms. The van der Waals surface area contributed by atoms with Gasteiger partial charge >= 0.3 is 5.63 Å². The summed E-state index contributed by atoms with van der Waals surface area (Å²) in [7, 11) is 0. The lowest BCUT2D eigenvalue weighted by molar-refractivity contribution is 0.573. The molecular weight excluding hydrogens is 284 g/mol. The number of rotatable bonds is 0. The Morgan fingerprint density at radius 2 is 1.09 bits per heavy atom. The molecule has 0 saturated heterocycles. The normalized spacial score (nSPS) is 11.7. The van der Waals surface area contributed by atoms with E-state index in [1.807, 2.05) is 42.5 Å². The highest BCUT2D eigenvalue weighted by atomic mass is 16.4. The first-order chi connectivity index (χ1) is 11.3. The van der Waals surface area contributed by atoms with Crippen molar-refractivity contribution in [3.05, 3.63) is 83.2 Å². The molecule has 0 saturated carbocycles. The second kappa shape index (κ2) is 4.43. The van der Waals surface area contributed by atoms with E-state index in [1.165, 1.54) is 10.8 Å².